The van der Waals surface area contributed by atoms with Gasteiger partial charge < -0.3 is 0 Å². The highest BCUT2D eigenvalue weighted by Gasteiger charge is 2.18. The average Bonchev–Trinajstić information content (AvgIpc) is 2.54. The van der Waals surface area contributed by atoms with Crippen LogP contribution in [0.5, 0.6) is 0 Å². The summed E-state index contributed by atoms with van der Waals surface area (Å²) in [6.07, 6.45) is 0.976. The molecule has 2 heteroatoms. The molecule has 12 heavy (non-hydrogen) atoms. The van der Waals surface area contributed by atoms with Gasteiger partial charge in [-0.2, -0.15) is 10.5 Å². The lowest BCUT2D eigenvalue weighted by molar-refractivity contribution is 0.606. The maximum absolute atomic E-state index is 4.17. The normalized spacial score (nSPS) is 21.8. The molecule has 1 aromatic carbocycles. The van der Waals surface area contributed by atoms with Crippen LogP contribution in [0.2, 0.25) is 0 Å². The van der Waals surface area contributed by atoms with Crippen molar-refractivity contribution in [2.45, 2.75) is 19.4 Å². The Morgan fingerprint density at radius 2 is 2.00 bits per heavy atom. The zero-order valence-electron chi connectivity index (χ0n) is 7.07. The first-order chi connectivity index (χ1) is 5.86. The minimum atomic E-state index is 0.270. The van der Waals surface area contributed by atoms with Crippen LogP contribution in [0, 0.1) is 0 Å². The fourth-order valence-corrected chi connectivity index (χ4v) is 1.39. The molecule has 0 saturated carbocycles. The molecule has 1 radical (unpaired) electrons. The van der Waals surface area contributed by atoms with E-state index in [1.807, 2.05) is 25.1 Å². The van der Waals surface area contributed by atoms with Gasteiger partial charge in [0.05, 0.1) is 0 Å². The van der Waals surface area contributed by atoms with Crippen molar-refractivity contribution in [2.24, 2.45) is 5.10 Å². The van der Waals surface area contributed by atoms with Crippen LogP contribution in [0.3, 0.4) is 0 Å². The van der Waals surface area contributed by atoms with Crippen LogP contribution in [-0.4, -0.2) is 5.71 Å². The highest BCUT2D eigenvalue weighted by atomic mass is 15.3. The van der Waals surface area contributed by atoms with Crippen molar-refractivity contribution < 1.29 is 0 Å². The van der Waals surface area contributed by atoms with Gasteiger partial charge >= 0.3 is 0 Å². The number of benzene rings is 1. The molecule has 0 saturated heterocycles. The average molecular weight is 159 g/mol. The lowest BCUT2D eigenvalue weighted by Gasteiger charge is -2.05. The maximum Gasteiger partial charge on any atom is 0.101 e. The topological polar surface area (TPSA) is 26.5 Å². The molecule has 1 aliphatic rings. The number of hydrogen-bond acceptors (Lipinski definition) is 1. The van der Waals surface area contributed by atoms with Crippen molar-refractivity contribution in [3.63, 3.8) is 0 Å². The Morgan fingerprint density at radius 1 is 1.25 bits per heavy atom. The summed E-state index contributed by atoms with van der Waals surface area (Å²) in [5.41, 5.74) is 6.57. The third-order valence-electron chi connectivity index (χ3n) is 2.04. The van der Waals surface area contributed by atoms with Gasteiger partial charge in [-0.25, -0.2) is 0 Å². The van der Waals surface area contributed by atoms with Crippen molar-refractivity contribution in [1.29, 1.82) is 0 Å². The van der Waals surface area contributed by atoms with Crippen LogP contribution in [0.1, 0.15) is 24.9 Å². The third kappa shape index (κ3) is 1.33. The Kier molecular flexibility index (Phi) is 1.82. The molecule has 0 N–H and O–H groups in total. The highest BCUT2D eigenvalue weighted by molar-refractivity contribution is 5.83. The maximum atomic E-state index is 4.17. The van der Waals surface area contributed by atoms with Gasteiger partial charge in [0.15, 0.2) is 0 Å². The Morgan fingerprint density at radius 3 is 2.58 bits per heavy atom. The quantitative estimate of drug-likeness (QED) is 0.600. The summed E-state index contributed by atoms with van der Waals surface area (Å²) in [6, 6.07) is 10.6. The largest absolute Gasteiger partial charge is 0.181 e. The van der Waals surface area contributed by atoms with E-state index in [4.69, 9.17) is 0 Å². The zero-order valence-corrected chi connectivity index (χ0v) is 7.07. The second-order valence-corrected chi connectivity index (χ2v) is 3.08. The molecule has 1 atom stereocenters. The molecule has 0 fully saturated rings. The summed E-state index contributed by atoms with van der Waals surface area (Å²) >= 11 is 0. The van der Waals surface area contributed by atoms with E-state index in [9.17, 15) is 0 Å². The van der Waals surface area contributed by atoms with E-state index in [-0.39, 0.29) is 6.04 Å². The fraction of sp³-hybridized carbons (Fsp3) is 0.300. The summed E-state index contributed by atoms with van der Waals surface area (Å²) in [7, 11) is 0. The fourth-order valence-electron chi connectivity index (χ4n) is 1.39. The van der Waals surface area contributed by atoms with E-state index in [1.165, 1.54) is 5.56 Å². The van der Waals surface area contributed by atoms with Gasteiger partial charge in [0.2, 0.25) is 0 Å². The van der Waals surface area contributed by atoms with E-state index in [1.54, 1.807) is 0 Å². The zero-order chi connectivity index (χ0) is 8.39. The van der Waals surface area contributed by atoms with E-state index in [0.717, 1.165) is 12.1 Å². The molecule has 2 rings (SSSR count). The van der Waals surface area contributed by atoms with E-state index in [0.29, 0.717) is 0 Å². The lowest BCUT2D eigenvalue weighted by Crippen LogP contribution is -2.02. The second-order valence-electron chi connectivity index (χ2n) is 3.08. The minimum Gasteiger partial charge on any atom is -0.181 e. The molecule has 0 spiro atoms. The SMILES string of the molecule is CC1=N[N]C(c2ccccc2)C1. The predicted octanol–water partition coefficient (Wildman–Crippen LogP) is 2.11. The second kappa shape index (κ2) is 2.97. The Bertz CT molecular complexity index is 290. The lowest BCUT2D eigenvalue weighted by atomic mass is 10.0. The molecule has 0 aromatic heterocycles. The van der Waals surface area contributed by atoms with E-state index < -0.39 is 0 Å². The van der Waals surface area contributed by atoms with Crippen molar-refractivity contribution in [1.82, 2.24) is 5.43 Å². The Balaban J connectivity index is 2.14. The van der Waals surface area contributed by atoms with Crippen molar-refractivity contribution in [3.05, 3.63) is 35.9 Å². The van der Waals surface area contributed by atoms with Gasteiger partial charge in [-0.15, -0.1) is 0 Å². The molecular formula is C10H11N2. The molecule has 1 heterocycles. The molecule has 2 nitrogen and oxygen atoms in total. The summed E-state index contributed by atoms with van der Waals surface area (Å²) in [5.74, 6) is 0. The van der Waals surface area contributed by atoms with Crippen LogP contribution >= 0.6 is 0 Å². The first-order valence-electron chi connectivity index (χ1n) is 4.14. The number of hydrogen-bond donors (Lipinski definition) is 0. The first kappa shape index (κ1) is 7.35. The first-order valence-corrected chi connectivity index (χ1v) is 4.14. The summed E-state index contributed by atoms with van der Waals surface area (Å²) in [4.78, 5) is 0. The Labute approximate surface area is 72.3 Å². The standard InChI is InChI=1S/C10H11N2/c1-8-7-10(12-11-8)9-5-3-2-4-6-9/h2-6,10H,7H2,1H3. The highest BCUT2D eigenvalue weighted by Crippen LogP contribution is 2.22. The van der Waals surface area contributed by atoms with Gasteiger partial charge in [-0.3, -0.25) is 0 Å². The van der Waals surface area contributed by atoms with Gasteiger partial charge in [0.25, 0.3) is 0 Å². The molecule has 0 amide bonds. The van der Waals surface area contributed by atoms with E-state index in [2.05, 4.69) is 22.7 Å². The van der Waals surface area contributed by atoms with Crippen LogP contribution < -0.4 is 5.43 Å². The van der Waals surface area contributed by atoms with Crippen molar-refractivity contribution in [3.8, 4) is 0 Å². The van der Waals surface area contributed by atoms with Crippen LogP contribution in [0.4, 0.5) is 0 Å². The van der Waals surface area contributed by atoms with Gasteiger partial charge in [-0.1, -0.05) is 30.3 Å². The molecule has 1 aromatic rings. The van der Waals surface area contributed by atoms with Crippen molar-refractivity contribution in [2.75, 3.05) is 0 Å². The van der Waals surface area contributed by atoms with Gasteiger partial charge in [-0.05, 0) is 12.5 Å². The van der Waals surface area contributed by atoms with Gasteiger partial charge in [0.1, 0.15) is 6.04 Å². The smallest absolute Gasteiger partial charge is 0.101 e. The monoisotopic (exact) mass is 159 g/mol. The Hall–Kier alpha value is -1.31. The summed E-state index contributed by atoms with van der Waals surface area (Å²) in [5, 5.41) is 4.04. The van der Waals surface area contributed by atoms with Gasteiger partial charge in [0, 0.05) is 12.1 Å². The van der Waals surface area contributed by atoms with Crippen LogP contribution in [-0.2, 0) is 0 Å². The van der Waals surface area contributed by atoms with Crippen LogP contribution in [0.15, 0.2) is 35.4 Å². The summed E-state index contributed by atoms with van der Waals surface area (Å²) < 4.78 is 0. The molecule has 0 aliphatic carbocycles. The third-order valence-corrected chi connectivity index (χ3v) is 2.04. The molecule has 1 aliphatic heterocycles. The molecule has 0 bridgehead atoms. The van der Waals surface area contributed by atoms with Crippen LogP contribution in [0.25, 0.3) is 0 Å². The number of nitrogens with zero attached hydrogens (tertiary/aromatic N) is 2. The number of rotatable bonds is 1. The van der Waals surface area contributed by atoms with E-state index >= 15 is 0 Å². The minimum absolute atomic E-state index is 0.270. The van der Waals surface area contributed by atoms with Crippen molar-refractivity contribution >= 4 is 5.71 Å². The molecule has 1 unspecified atom stereocenters. The molecular weight excluding hydrogens is 148 g/mol. The summed E-state index contributed by atoms with van der Waals surface area (Å²) in [6.45, 7) is 2.02. The predicted molar refractivity (Wildman–Crippen MR) is 49.0 cm³/mol. The molecule has 61 valence electrons.